The van der Waals surface area contributed by atoms with Gasteiger partial charge in [0, 0.05) is 40.8 Å². The zero-order valence-corrected chi connectivity index (χ0v) is 25.7. The molecule has 1 aliphatic heterocycles. The van der Waals surface area contributed by atoms with Crippen LogP contribution in [-0.2, 0) is 4.74 Å². The highest BCUT2D eigenvalue weighted by Gasteiger charge is 2.21. The summed E-state index contributed by atoms with van der Waals surface area (Å²) in [6.07, 6.45) is 10.2. The van der Waals surface area contributed by atoms with Crippen molar-refractivity contribution in [3.63, 3.8) is 0 Å². The number of aromatic nitrogens is 3. The first kappa shape index (κ1) is 27.8. The number of oxazole rings is 1. The first-order valence-electron chi connectivity index (χ1n) is 15.8. The normalized spacial score (nSPS) is 13.9. The van der Waals surface area contributed by atoms with Crippen molar-refractivity contribution < 1.29 is 9.15 Å². The van der Waals surface area contributed by atoms with E-state index >= 15 is 0 Å². The lowest BCUT2D eigenvalue weighted by Gasteiger charge is -2.19. The van der Waals surface area contributed by atoms with Gasteiger partial charge in [-0.1, -0.05) is 84.9 Å². The van der Waals surface area contributed by atoms with Gasteiger partial charge in [-0.3, -0.25) is 9.97 Å². The predicted molar refractivity (Wildman–Crippen MR) is 190 cm³/mol. The van der Waals surface area contributed by atoms with Crippen molar-refractivity contribution in [3.8, 4) is 56.2 Å². The quantitative estimate of drug-likeness (QED) is 0.187. The maximum absolute atomic E-state index is 5.81. The standard InChI is InChI=1S/C42H28N4O2/c1-2-7-27(8-3-1)28-9-6-10-29(23-28)30-13-14-35-36(24-30)40(38-26-32(16-18-44-38)42-46-20-22-48-42)34-12-5-4-11-33(34)39(35)37-25-31(15-17-43-37)41-45-19-21-47-41/h1-26,42,46H. The zero-order chi connectivity index (χ0) is 31.9. The van der Waals surface area contributed by atoms with Crippen molar-refractivity contribution in [1.82, 2.24) is 20.3 Å². The van der Waals surface area contributed by atoms with Crippen molar-refractivity contribution >= 4 is 21.5 Å². The molecule has 3 aromatic heterocycles. The van der Waals surface area contributed by atoms with Crippen molar-refractivity contribution in [2.45, 2.75) is 6.23 Å². The van der Waals surface area contributed by atoms with Gasteiger partial charge in [0.05, 0.1) is 17.6 Å². The van der Waals surface area contributed by atoms with Crippen LogP contribution in [0.3, 0.4) is 0 Å². The number of nitrogens with one attached hydrogen (secondary N) is 1. The summed E-state index contributed by atoms with van der Waals surface area (Å²) in [5, 5.41) is 7.60. The molecule has 0 bridgehead atoms. The number of hydrogen-bond donors (Lipinski definition) is 1. The van der Waals surface area contributed by atoms with Gasteiger partial charge in [-0.2, -0.15) is 0 Å². The van der Waals surface area contributed by atoms with Crippen molar-refractivity contribution in [1.29, 1.82) is 0 Å². The summed E-state index contributed by atoms with van der Waals surface area (Å²) in [6.45, 7) is 0. The molecule has 0 fully saturated rings. The van der Waals surface area contributed by atoms with E-state index in [1.165, 1.54) is 11.1 Å². The minimum absolute atomic E-state index is 0.262. The van der Waals surface area contributed by atoms with E-state index < -0.39 is 0 Å². The van der Waals surface area contributed by atoms with E-state index in [9.17, 15) is 0 Å². The van der Waals surface area contributed by atoms with Gasteiger partial charge in [0.15, 0.2) is 6.23 Å². The fraction of sp³-hybridized carbons (Fsp3) is 0.0238. The molecule has 0 saturated heterocycles. The molecule has 1 N–H and O–H groups in total. The number of fused-ring (bicyclic) bond motifs is 2. The van der Waals surface area contributed by atoms with Gasteiger partial charge in [0.1, 0.15) is 12.5 Å². The summed E-state index contributed by atoms with van der Waals surface area (Å²) in [4.78, 5) is 14.2. The Morgan fingerprint density at radius 2 is 1.19 bits per heavy atom. The molecule has 0 amide bonds. The van der Waals surface area contributed by atoms with Crippen LogP contribution in [0.5, 0.6) is 0 Å². The highest BCUT2D eigenvalue weighted by Crippen LogP contribution is 2.45. The molecule has 0 aliphatic carbocycles. The number of ether oxygens (including phenoxy) is 1. The minimum atomic E-state index is -0.262. The van der Waals surface area contributed by atoms with Crippen LogP contribution in [0.25, 0.3) is 77.8 Å². The van der Waals surface area contributed by atoms with Crippen molar-refractivity contribution in [2.24, 2.45) is 0 Å². The molecular formula is C42H28N4O2. The Bertz CT molecular complexity index is 2460. The van der Waals surface area contributed by atoms with Crippen LogP contribution in [0.2, 0.25) is 0 Å². The largest absolute Gasteiger partial charge is 0.473 e. The lowest BCUT2D eigenvalue weighted by Crippen LogP contribution is -2.11. The first-order valence-corrected chi connectivity index (χ1v) is 15.8. The molecule has 9 rings (SSSR count). The first-order chi connectivity index (χ1) is 23.8. The average molecular weight is 621 g/mol. The Hall–Kier alpha value is -6.53. The predicted octanol–water partition coefficient (Wildman–Crippen LogP) is 10.2. The second-order valence-electron chi connectivity index (χ2n) is 11.7. The molecule has 1 atom stereocenters. The molecule has 8 aromatic rings. The summed E-state index contributed by atoms with van der Waals surface area (Å²) in [6, 6.07) is 42.5. The average Bonchev–Trinajstić information content (AvgIpc) is 3.90. The van der Waals surface area contributed by atoms with Gasteiger partial charge in [-0.05, 0) is 80.2 Å². The van der Waals surface area contributed by atoms with E-state index in [2.05, 4.69) is 113 Å². The maximum atomic E-state index is 5.81. The molecule has 6 heteroatoms. The van der Waals surface area contributed by atoms with Gasteiger partial charge in [0.2, 0.25) is 5.89 Å². The summed E-state index contributed by atoms with van der Waals surface area (Å²) >= 11 is 0. The van der Waals surface area contributed by atoms with Gasteiger partial charge < -0.3 is 14.5 Å². The molecule has 5 aromatic carbocycles. The van der Waals surface area contributed by atoms with Crippen LogP contribution in [0, 0.1) is 0 Å². The third kappa shape index (κ3) is 4.87. The highest BCUT2D eigenvalue weighted by molar-refractivity contribution is 6.21. The molecule has 0 spiro atoms. The van der Waals surface area contributed by atoms with Gasteiger partial charge in [-0.25, -0.2) is 4.98 Å². The summed E-state index contributed by atoms with van der Waals surface area (Å²) in [7, 11) is 0. The van der Waals surface area contributed by atoms with E-state index in [4.69, 9.17) is 19.1 Å². The van der Waals surface area contributed by atoms with Gasteiger partial charge in [-0.15, -0.1) is 0 Å². The van der Waals surface area contributed by atoms with E-state index in [0.717, 1.165) is 66.3 Å². The zero-order valence-electron chi connectivity index (χ0n) is 25.7. The molecule has 4 heterocycles. The Labute approximate surface area is 277 Å². The molecule has 0 saturated carbocycles. The molecular weight excluding hydrogens is 592 g/mol. The summed E-state index contributed by atoms with van der Waals surface area (Å²) in [5.74, 6) is 0.558. The Kier molecular flexibility index (Phi) is 6.75. The number of pyridine rings is 2. The Morgan fingerprint density at radius 1 is 0.500 bits per heavy atom. The smallest absolute Gasteiger partial charge is 0.225 e. The second kappa shape index (κ2) is 11.7. The Balaban J connectivity index is 1.32. The third-order valence-electron chi connectivity index (χ3n) is 8.90. The number of hydrogen-bond acceptors (Lipinski definition) is 6. The monoisotopic (exact) mass is 620 g/mol. The number of benzene rings is 5. The lowest BCUT2D eigenvalue weighted by molar-refractivity contribution is 0.154. The number of rotatable bonds is 6. The van der Waals surface area contributed by atoms with Crippen LogP contribution in [0.4, 0.5) is 0 Å². The maximum Gasteiger partial charge on any atom is 0.225 e. The van der Waals surface area contributed by atoms with Crippen LogP contribution < -0.4 is 5.32 Å². The minimum Gasteiger partial charge on any atom is -0.473 e. The fourth-order valence-electron chi connectivity index (χ4n) is 6.69. The van der Waals surface area contributed by atoms with Gasteiger partial charge >= 0.3 is 0 Å². The topological polar surface area (TPSA) is 73.1 Å². The van der Waals surface area contributed by atoms with Crippen LogP contribution in [-0.4, -0.2) is 15.0 Å². The van der Waals surface area contributed by atoms with E-state index in [1.54, 1.807) is 18.7 Å². The summed E-state index contributed by atoms with van der Waals surface area (Å²) < 4.78 is 11.5. The van der Waals surface area contributed by atoms with Crippen LogP contribution in [0.1, 0.15) is 11.8 Å². The van der Waals surface area contributed by atoms with E-state index in [1.807, 2.05) is 36.8 Å². The van der Waals surface area contributed by atoms with Crippen molar-refractivity contribution in [3.05, 3.63) is 164 Å². The molecule has 1 aliphatic rings. The van der Waals surface area contributed by atoms with E-state index in [-0.39, 0.29) is 6.23 Å². The molecule has 1 unspecified atom stereocenters. The number of nitrogens with zero attached hydrogens (tertiary/aromatic N) is 3. The molecule has 48 heavy (non-hydrogen) atoms. The lowest BCUT2D eigenvalue weighted by atomic mass is 9.86. The summed E-state index contributed by atoms with van der Waals surface area (Å²) in [5.41, 5.74) is 10.3. The van der Waals surface area contributed by atoms with E-state index in [0.29, 0.717) is 5.89 Å². The van der Waals surface area contributed by atoms with Crippen LogP contribution in [0.15, 0.2) is 163 Å². The van der Waals surface area contributed by atoms with Crippen LogP contribution >= 0.6 is 0 Å². The van der Waals surface area contributed by atoms with Gasteiger partial charge in [0.25, 0.3) is 0 Å². The highest BCUT2D eigenvalue weighted by atomic mass is 16.5. The molecule has 6 nitrogen and oxygen atoms in total. The second-order valence-corrected chi connectivity index (χ2v) is 11.7. The SMILES string of the molecule is C1=COC(c2ccnc(-c3c4ccccc4c(-c4cc(-c5ncco5)ccn4)c4ccc(-c5cccc(-c6ccccc6)c5)cc34)c2)N1. The molecule has 0 radical (unpaired) electrons. The third-order valence-corrected chi connectivity index (χ3v) is 8.90. The van der Waals surface area contributed by atoms with Crippen molar-refractivity contribution in [2.75, 3.05) is 0 Å². The Morgan fingerprint density at radius 3 is 1.96 bits per heavy atom. The fourth-order valence-corrected chi connectivity index (χ4v) is 6.69. The molecule has 228 valence electrons.